The van der Waals surface area contributed by atoms with Crippen LogP contribution in [0, 0.1) is 0 Å². The summed E-state index contributed by atoms with van der Waals surface area (Å²) < 4.78 is 0. The lowest BCUT2D eigenvalue weighted by atomic mass is 10.00. The van der Waals surface area contributed by atoms with Crippen LogP contribution in [0.3, 0.4) is 0 Å². The van der Waals surface area contributed by atoms with Crippen LogP contribution in [0.2, 0.25) is 0 Å². The molecule has 5 nitrogen and oxygen atoms in total. The van der Waals surface area contributed by atoms with E-state index >= 15 is 0 Å². The van der Waals surface area contributed by atoms with Crippen LogP contribution in [-0.4, -0.2) is 26.2 Å². The summed E-state index contributed by atoms with van der Waals surface area (Å²) in [7, 11) is 0. The second kappa shape index (κ2) is 4.78. The highest BCUT2D eigenvalue weighted by atomic mass is 16.4. The van der Waals surface area contributed by atoms with E-state index in [1.165, 1.54) is 0 Å². The maximum Gasteiger partial charge on any atom is 0.355 e. The Morgan fingerprint density at radius 2 is 1.79 bits per heavy atom. The van der Waals surface area contributed by atoms with Crippen LogP contribution in [0.4, 0.5) is 0 Å². The SMILES string of the molecule is CC(C)(O)c1ccc(-c2ccncc2)c(C(=O)O)n1. The zero-order valence-corrected chi connectivity index (χ0v) is 10.7. The van der Waals surface area contributed by atoms with Crippen molar-refractivity contribution >= 4 is 5.97 Å². The van der Waals surface area contributed by atoms with Gasteiger partial charge in [-0.05, 0) is 37.6 Å². The van der Waals surface area contributed by atoms with Crippen molar-refractivity contribution in [2.24, 2.45) is 0 Å². The number of aromatic carboxylic acids is 1. The molecular weight excluding hydrogens is 244 g/mol. The molecule has 19 heavy (non-hydrogen) atoms. The molecule has 0 aliphatic heterocycles. The molecule has 0 aromatic carbocycles. The Balaban J connectivity index is 2.61. The van der Waals surface area contributed by atoms with Crippen LogP contribution in [0.15, 0.2) is 36.7 Å². The van der Waals surface area contributed by atoms with Gasteiger partial charge < -0.3 is 10.2 Å². The summed E-state index contributed by atoms with van der Waals surface area (Å²) in [6.07, 6.45) is 3.18. The molecule has 98 valence electrons. The molecule has 0 aliphatic carbocycles. The number of rotatable bonds is 3. The van der Waals surface area contributed by atoms with Gasteiger partial charge in [-0.25, -0.2) is 9.78 Å². The van der Waals surface area contributed by atoms with Crippen molar-refractivity contribution in [1.82, 2.24) is 9.97 Å². The van der Waals surface area contributed by atoms with Crippen LogP contribution < -0.4 is 0 Å². The van der Waals surface area contributed by atoms with Crippen LogP contribution in [0.1, 0.15) is 30.0 Å². The van der Waals surface area contributed by atoms with Crippen LogP contribution in [0.5, 0.6) is 0 Å². The minimum atomic E-state index is -1.18. The summed E-state index contributed by atoms with van der Waals surface area (Å²) in [6, 6.07) is 6.71. The lowest BCUT2D eigenvalue weighted by Crippen LogP contribution is -2.19. The lowest BCUT2D eigenvalue weighted by molar-refractivity contribution is 0.0672. The predicted octanol–water partition coefficient (Wildman–Crippen LogP) is 2.07. The number of hydrogen-bond acceptors (Lipinski definition) is 4. The first-order valence-electron chi connectivity index (χ1n) is 5.77. The topological polar surface area (TPSA) is 83.3 Å². The molecule has 2 N–H and O–H groups in total. The summed E-state index contributed by atoms with van der Waals surface area (Å²) in [5.41, 5.74) is 0.291. The third-order valence-electron chi connectivity index (χ3n) is 2.72. The number of hydrogen-bond donors (Lipinski definition) is 2. The van der Waals surface area contributed by atoms with Crippen molar-refractivity contribution in [3.63, 3.8) is 0 Å². The van der Waals surface area contributed by atoms with Gasteiger partial charge in [-0.3, -0.25) is 4.98 Å². The molecule has 0 spiro atoms. The first-order chi connectivity index (χ1) is 8.89. The number of aromatic nitrogens is 2. The second-order valence-corrected chi connectivity index (χ2v) is 4.69. The second-order valence-electron chi connectivity index (χ2n) is 4.69. The quantitative estimate of drug-likeness (QED) is 0.880. The fourth-order valence-electron chi connectivity index (χ4n) is 1.73. The van der Waals surface area contributed by atoms with Crippen molar-refractivity contribution < 1.29 is 15.0 Å². The normalized spacial score (nSPS) is 11.3. The van der Waals surface area contributed by atoms with Gasteiger partial charge in [0.15, 0.2) is 5.69 Å². The average molecular weight is 258 g/mol. The fraction of sp³-hybridized carbons (Fsp3) is 0.214. The highest BCUT2D eigenvalue weighted by molar-refractivity contribution is 5.93. The van der Waals surface area contributed by atoms with Gasteiger partial charge in [-0.2, -0.15) is 0 Å². The minimum Gasteiger partial charge on any atom is -0.476 e. The van der Waals surface area contributed by atoms with Crippen molar-refractivity contribution in [2.45, 2.75) is 19.4 Å². The monoisotopic (exact) mass is 258 g/mol. The van der Waals surface area contributed by atoms with Gasteiger partial charge in [-0.1, -0.05) is 6.07 Å². The number of carboxylic acid groups (broad SMARTS) is 1. The van der Waals surface area contributed by atoms with E-state index in [4.69, 9.17) is 0 Å². The van der Waals surface area contributed by atoms with Gasteiger partial charge in [-0.15, -0.1) is 0 Å². The van der Waals surface area contributed by atoms with E-state index in [0.717, 1.165) is 5.56 Å². The molecule has 2 aromatic heterocycles. The Bertz CT molecular complexity index is 604. The molecule has 2 aromatic rings. The van der Waals surface area contributed by atoms with Crippen LogP contribution in [0.25, 0.3) is 11.1 Å². The smallest absolute Gasteiger partial charge is 0.355 e. The van der Waals surface area contributed by atoms with Gasteiger partial charge in [0, 0.05) is 18.0 Å². The molecule has 0 radical (unpaired) electrons. The fourth-order valence-corrected chi connectivity index (χ4v) is 1.73. The van der Waals surface area contributed by atoms with Gasteiger partial charge >= 0.3 is 5.97 Å². The first-order valence-corrected chi connectivity index (χ1v) is 5.77. The molecule has 0 atom stereocenters. The highest BCUT2D eigenvalue weighted by Gasteiger charge is 2.22. The summed E-state index contributed by atoms with van der Waals surface area (Å²) >= 11 is 0. The average Bonchev–Trinajstić information content (AvgIpc) is 2.38. The van der Waals surface area contributed by atoms with E-state index in [9.17, 15) is 15.0 Å². The summed E-state index contributed by atoms with van der Waals surface area (Å²) in [5.74, 6) is -1.13. The molecule has 0 aliphatic rings. The number of nitrogens with zero attached hydrogens (tertiary/aromatic N) is 2. The number of pyridine rings is 2. The summed E-state index contributed by atoms with van der Waals surface area (Å²) in [6.45, 7) is 3.13. The van der Waals surface area contributed by atoms with Gasteiger partial charge in [0.05, 0.1) is 5.69 Å². The largest absolute Gasteiger partial charge is 0.476 e. The summed E-state index contributed by atoms with van der Waals surface area (Å²) in [4.78, 5) is 19.3. The summed E-state index contributed by atoms with van der Waals surface area (Å²) in [5, 5.41) is 19.1. The number of carboxylic acids is 1. The molecule has 0 amide bonds. The van der Waals surface area contributed by atoms with Gasteiger partial charge in [0.1, 0.15) is 5.60 Å². The van der Waals surface area contributed by atoms with Crippen molar-refractivity contribution in [2.75, 3.05) is 0 Å². The molecule has 5 heteroatoms. The van der Waals surface area contributed by atoms with E-state index in [-0.39, 0.29) is 5.69 Å². The molecular formula is C14H14N2O3. The highest BCUT2D eigenvalue weighted by Crippen LogP contribution is 2.25. The zero-order valence-electron chi connectivity index (χ0n) is 10.7. The maximum absolute atomic E-state index is 11.3. The maximum atomic E-state index is 11.3. The number of aliphatic hydroxyl groups is 1. The van der Waals surface area contributed by atoms with E-state index < -0.39 is 11.6 Å². The van der Waals surface area contributed by atoms with Crippen molar-refractivity contribution in [1.29, 1.82) is 0 Å². The Hall–Kier alpha value is -2.27. The van der Waals surface area contributed by atoms with Crippen molar-refractivity contribution in [3.05, 3.63) is 48.0 Å². The van der Waals surface area contributed by atoms with E-state index in [2.05, 4.69) is 9.97 Å². The Morgan fingerprint density at radius 3 is 2.32 bits per heavy atom. The Morgan fingerprint density at radius 1 is 1.16 bits per heavy atom. The van der Waals surface area contributed by atoms with E-state index in [1.54, 1.807) is 50.5 Å². The van der Waals surface area contributed by atoms with Crippen LogP contribution in [-0.2, 0) is 5.60 Å². The molecule has 0 fully saturated rings. The van der Waals surface area contributed by atoms with Crippen molar-refractivity contribution in [3.8, 4) is 11.1 Å². The first kappa shape index (κ1) is 13.2. The minimum absolute atomic E-state index is 0.0779. The Kier molecular flexibility index (Phi) is 3.31. The van der Waals surface area contributed by atoms with Gasteiger partial charge in [0.25, 0.3) is 0 Å². The molecule has 0 bridgehead atoms. The molecule has 0 saturated heterocycles. The standard InChI is InChI=1S/C14H14N2O3/c1-14(2,19)11-4-3-10(12(16-11)13(17)18)9-5-7-15-8-6-9/h3-8,19H,1-2H3,(H,17,18). The van der Waals surface area contributed by atoms with Gasteiger partial charge in [0.2, 0.25) is 0 Å². The number of carbonyl (C=O) groups is 1. The Labute approximate surface area is 110 Å². The molecule has 2 heterocycles. The molecule has 0 saturated carbocycles. The lowest BCUT2D eigenvalue weighted by Gasteiger charge is -2.18. The molecule has 2 rings (SSSR count). The molecule has 0 unspecified atom stereocenters. The third kappa shape index (κ3) is 2.77. The third-order valence-corrected chi connectivity index (χ3v) is 2.72. The predicted molar refractivity (Wildman–Crippen MR) is 69.7 cm³/mol. The van der Waals surface area contributed by atoms with E-state index in [1.807, 2.05) is 0 Å². The van der Waals surface area contributed by atoms with E-state index in [0.29, 0.717) is 11.3 Å². The van der Waals surface area contributed by atoms with Crippen LogP contribution >= 0.6 is 0 Å². The zero-order chi connectivity index (χ0) is 14.0.